The number of hydrogen-bond donors (Lipinski definition) is 1. The van der Waals surface area contributed by atoms with Crippen LogP contribution in [-0.2, 0) is 24.8 Å². The highest BCUT2D eigenvalue weighted by molar-refractivity contribution is 7.89. The van der Waals surface area contributed by atoms with Crippen LogP contribution in [0.2, 0.25) is 10.0 Å². The van der Waals surface area contributed by atoms with Gasteiger partial charge in [-0.2, -0.15) is 8.61 Å². The van der Waals surface area contributed by atoms with E-state index in [2.05, 4.69) is 5.32 Å². The first-order chi connectivity index (χ1) is 18.2. The van der Waals surface area contributed by atoms with E-state index in [1.54, 1.807) is 27.7 Å². The third kappa shape index (κ3) is 7.71. The Kier molecular flexibility index (Phi) is 11.8. The first kappa shape index (κ1) is 33.0. The second kappa shape index (κ2) is 13.9. The molecule has 0 aromatic heterocycles. The lowest BCUT2D eigenvalue weighted by Gasteiger charge is -2.20. The van der Waals surface area contributed by atoms with Crippen LogP contribution in [0.5, 0.6) is 0 Å². The van der Waals surface area contributed by atoms with Crippen molar-refractivity contribution in [3.63, 3.8) is 0 Å². The summed E-state index contributed by atoms with van der Waals surface area (Å²) in [7, 11) is -7.64. The number of amides is 1. The highest BCUT2D eigenvalue weighted by Gasteiger charge is 2.26. The van der Waals surface area contributed by atoms with Crippen LogP contribution in [0.1, 0.15) is 55.3 Å². The van der Waals surface area contributed by atoms with Gasteiger partial charge >= 0.3 is 5.97 Å². The van der Waals surface area contributed by atoms with E-state index in [0.29, 0.717) is 0 Å². The topological polar surface area (TPSA) is 130 Å². The largest absolute Gasteiger partial charge is 0.457 e. The number of rotatable bonds is 13. The van der Waals surface area contributed by atoms with Crippen LogP contribution >= 0.6 is 23.2 Å². The van der Waals surface area contributed by atoms with E-state index in [0.717, 1.165) is 6.07 Å². The molecule has 2 aromatic rings. The summed E-state index contributed by atoms with van der Waals surface area (Å²) in [4.78, 5) is 25.4. The van der Waals surface area contributed by atoms with E-state index >= 15 is 0 Å². The standard InChI is InChI=1S/C25H33Cl2N3O7S2/c1-6-29(7-2)38(33,34)18-10-12-22(26)20(14-18)24(31)28-16-17(5)37-25(32)21-15-19(11-13-23(21)27)39(35,36)30(8-3)9-4/h10-15,17H,6-9,16H2,1-5H3,(H,28,31). The molecular formula is C25H33Cl2N3O7S2. The number of nitrogens with zero attached hydrogens (tertiary/aromatic N) is 2. The molecule has 216 valence electrons. The molecule has 10 nitrogen and oxygen atoms in total. The van der Waals surface area contributed by atoms with Crippen molar-refractivity contribution in [2.75, 3.05) is 32.7 Å². The molecule has 0 spiro atoms. The average Bonchev–Trinajstić information content (AvgIpc) is 2.88. The fourth-order valence-corrected chi connectivity index (χ4v) is 7.07. The van der Waals surface area contributed by atoms with E-state index in [1.165, 1.54) is 45.9 Å². The van der Waals surface area contributed by atoms with Crippen LogP contribution in [0.4, 0.5) is 0 Å². The Morgan fingerprint density at radius 3 is 1.64 bits per heavy atom. The molecule has 0 aliphatic rings. The van der Waals surface area contributed by atoms with Gasteiger partial charge in [-0.1, -0.05) is 50.9 Å². The lowest BCUT2D eigenvalue weighted by Crippen LogP contribution is -2.34. The van der Waals surface area contributed by atoms with E-state index in [9.17, 15) is 26.4 Å². The molecule has 2 rings (SSSR count). The van der Waals surface area contributed by atoms with Gasteiger partial charge in [0.2, 0.25) is 20.0 Å². The van der Waals surface area contributed by atoms with Crippen molar-refractivity contribution < 1.29 is 31.2 Å². The molecule has 0 radical (unpaired) electrons. The fraction of sp³-hybridized carbons (Fsp3) is 0.440. The Hall–Kier alpha value is -2.22. The predicted molar refractivity (Wildman–Crippen MR) is 150 cm³/mol. The van der Waals surface area contributed by atoms with E-state index < -0.39 is 38.0 Å². The molecule has 0 saturated heterocycles. The van der Waals surface area contributed by atoms with E-state index in [4.69, 9.17) is 27.9 Å². The van der Waals surface area contributed by atoms with Crippen molar-refractivity contribution in [3.05, 3.63) is 57.6 Å². The highest BCUT2D eigenvalue weighted by atomic mass is 35.5. The Balaban J connectivity index is 2.16. The number of nitrogens with one attached hydrogen (secondary N) is 1. The fourth-order valence-electron chi connectivity index (χ4n) is 3.70. The molecule has 39 heavy (non-hydrogen) atoms. The lowest BCUT2D eigenvalue weighted by molar-refractivity contribution is 0.0337. The number of benzene rings is 2. The van der Waals surface area contributed by atoms with Gasteiger partial charge in [0, 0.05) is 26.2 Å². The van der Waals surface area contributed by atoms with Crippen molar-refractivity contribution in [2.24, 2.45) is 0 Å². The summed E-state index contributed by atoms with van der Waals surface area (Å²) in [6.45, 7) is 9.25. The van der Waals surface area contributed by atoms with Gasteiger partial charge < -0.3 is 10.1 Å². The maximum Gasteiger partial charge on any atom is 0.340 e. The number of carbonyl (C=O) groups is 2. The van der Waals surface area contributed by atoms with Crippen LogP contribution in [0.25, 0.3) is 0 Å². The second-order valence-corrected chi connectivity index (χ2v) is 13.1. The average molecular weight is 623 g/mol. The first-order valence-electron chi connectivity index (χ1n) is 12.3. The first-order valence-corrected chi connectivity index (χ1v) is 16.0. The molecular weight excluding hydrogens is 589 g/mol. The lowest BCUT2D eigenvalue weighted by atomic mass is 10.2. The quantitative estimate of drug-likeness (QED) is 0.334. The highest BCUT2D eigenvalue weighted by Crippen LogP contribution is 2.25. The molecule has 0 fully saturated rings. The molecule has 1 N–H and O–H groups in total. The van der Waals surface area contributed by atoms with E-state index in [1.807, 2.05) is 0 Å². The van der Waals surface area contributed by atoms with Crippen molar-refractivity contribution in [2.45, 2.75) is 50.5 Å². The zero-order chi connectivity index (χ0) is 29.5. The Morgan fingerprint density at radius 2 is 1.21 bits per heavy atom. The molecule has 14 heteroatoms. The number of halogens is 2. The maximum atomic E-state index is 12.8. The number of hydrogen-bond acceptors (Lipinski definition) is 7. The van der Waals surface area contributed by atoms with Crippen molar-refractivity contribution in [3.8, 4) is 0 Å². The Labute approximate surface area is 240 Å². The summed E-state index contributed by atoms with van der Waals surface area (Å²) in [6, 6.07) is 7.64. The van der Waals surface area contributed by atoms with E-state index in [-0.39, 0.29) is 63.7 Å². The molecule has 0 saturated carbocycles. The molecule has 0 aliphatic carbocycles. The SMILES string of the molecule is CCN(CC)S(=O)(=O)c1ccc(Cl)c(C(=O)NCC(C)OC(=O)c2cc(S(=O)(=O)N(CC)CC)ccc2Cl)c1. The summed E-state index contributed by atoms with van der Waals surface area (Å²) in [6.07, 6.45) is -0.845. The van der Waals surface area contributed by atoms with Crippen LogP contribution in [0, 0.1) is 0 Å². The zero-order valence-corrected chi connectivity index (χ0v) is 25.5. The Morgan fingerprint density at radius 1 is 0.795 bits per heavy atom. The van der Waals surface area contributed by atoms with Gasteiger partial charge in [0.05, 0.1) is 37.5 Å². The third-order valence-electron chi connectivity index (χ3n) is 5.88. The zero-order valence-electron chi connectivity index (χ0n) is 22.4. The van der Waals surface area contributed by atoms with Gasteiger partial charge in [-0.25, -0.2) is 21.6 Å². The molecule has 1 amide bonds. The minimum Gasteiger partial charge on any atom is -0.457 e. The minimum absolute atomic E-state index is 0.00717. The minimum atomic E-state index is -3.83. The maximum absolute atomic E-state index is 12.8. The van der Waals surface area contributed by atoms with Crippen molar-refractivity contribution in [1.29, 1.82) is 0 Å². The van der Waals surface area contributed by atoms with Crippen LogP contribution < -0.4 is 5.32 Å². The smallest absolute Gasteiger partial charge is 0.340 e. The van der Waals surface area contributed by atoms with Gasteiger partial charge in [0.25, 0.3) is 5.91 Å². The molecule has 0 bridgehead atoms. The summed E-state index contributed by atoms with van der Waals surface area (Å²) < 4.78 is 59.2. The summed E-state index contributed by atoms with van der Waals surface area (Å²) in [5.41, 5.74) is -0.193. The molecule has 0 aliphatic heterocycles. The number of sulfonamides is 2. The summed E-state index contributed by atoms with van der Waals surface area (Å²) in [5.74, 6) is -1.53. The van der Waals surface area contributed by atoms with Gasteiger partial charge in [-0.05, 0) is 43.3 Å². The summed E-state index contributed by atoms with van der Waals surface area (Å²) in [5, 5.41) is 2.62. The molecule has 1 atom stereocenters. The van der Waals surface area contributed by atoms with Crippen LogP contribution in [-0.4, -0.2) is 76.2 Å². The number of carbonyl (C=O) groups excluding carboxylic acids is 2. The van der Waals surface area contributed by atoms with Gasteiger partial charge in [-0.3, -0.25) is 4.79 Å². The van der Waals surface area contributed by atoms with Gasteiger partial charge in [-0.15, -0.1) is 0 Å². The third-order valence-corrected chi connectivity index (χ3v) is 10.6. The normalized spacial score (nSPS) is 12.9. The van der Waals surface area contributed by atoms with Crippen molar-refractivity contribution in [1.82, 2.24) is 13.9 Å². The number of ether oxygens (including phenoxy) is 1. The Bertz CT molecular complexity index is 1410. The van der Waals surface area contributed by atoms with Gasteiger partial charge in [0.15, 0.2) is 0 Å². The molecule has 0 heterocycles. The van der Waals surface area contributed by atoms with Gasteiger partial charge in [0.1, 0.15) is 6.10 Å². The van der Waals surface area contributed by atoms with Crippen molar-refractivity contribution >= 4 is 55.1 Å². The molecule has 2 aromatic carbocycles. The van der Waals surface area contributed by atoms with Crippen LogP contribution in [0.15, 0.2) is 46.2 Å². The number of esters is 1. The monoisotopic (exact) mass is 621 g/mol. The second-order valence-electron chi connectivity index (χ2n) is 8.39. The van der Waals surface area contributed by atoms with Crippen LogP contribution in [0.3, 0.4) is 0 Å². The predicted octanol–water partition coefficient (Wildman–Crippen LogP) is 4.03. The summed E-state index contributed by atoms with van der Waals surface area (Å²) >= 11 is 12.3. The molecule has 1 unspecified atom stereocenters.